The number of rotatable bonds is 4. The van der Waals surface area contributed by atoms with E-state index in [-0.39, 0.29) is 24.7 Å². The van der Waals surface area contributed by atoms with Gasteiger partial charge in [0.05, 0.1) is 28.1 Å². The minimum absolute atomic E-state index is 0. The van der Waals surface area contributed by atoms with E-state index in [1.54, 1.807) is 12.1 Å². The molecule has 1 aliphatic carbocycles. The first-order chi connectivity index (χ1) is 16.7. The molecule has 6 rings (SSSR count). The molecule has 3 aromatic carbocycles. The number of aliphatic hydroxyl groups is 1. The second-order valence-corrected chi connectivity index (χ2v) is 9.80. The van der Waals surface area contributed by atoms with Crippen molar-refractivity contribution in [2.24, 2.45) is 5.73 Å². The van der Waals surface area contributed by atoms with E-state index in [9.17, 15) is 15.0 Å². The third kappa shape index (κ3) is 3.86. The Labute approximate surface area is 214 Å². The highest BCUT2D eigenvalue weighted by atomic mass is 35.5. The first-order valence-corrected chi connectivity index (χ1v) is 11.5. The molecule has 0 unspecified atom stereocenters. The Bertz CT molecular complexity index is 1450. The van der Waals surface area contributed by atoms with Crippen LogP contribution in [0.25, 0.3) is 33.9 Å². The molecule has 0 radical (unpaired) electrons. The molecule has 2 aliphatic rings. The molecule has 2 heterocycles. The van der Waals surface area contributed by atoms with Crippen LogP contribution < -0.4 is 10.5 Å². The zero-order chi connectivity index (χ0) is 24.4. The Morgan fingerprint density at radius 2 is 1.72 bits per heavy atom. The first-order valence-electron chi connectivity index (χ1n) is 11.5. The van der Waals surface area contributed by atoms with E-state index in [1.165, 1.54) is 6.07 Å². The van der Waals surface area contributed by atoms with Crippen molar-refractivity contribution in [1.29, 1.82) is 0 Å². The van der Waals surface area contributed by atoms with Gasteiger partial charge in [-0.2, -0.15) is 0 Å². The molecule has 4 N–H and O–H groups in total. The topological polar surface area (TPSA) is 111 Å². The van der Waals surface area contributed by atoms with Crippen molar-refractivity contribution >= 4 is 18.4 Å². The molecule has 1 aromatic heterocycles. The van der Waals surface area contributed by atoms with Crippen LogP contribution in [0.3, 0.4) is 0 Å². The molecule has 1 aliphatic heterocycles. The Hall–Kier alpha value is -3.65. The van der Waals surface area contributed by atoms with Gasteiger partial charge >= 0.3 is 5.97 Å². The average molecular weight is 504 g/mol. The summed E-state index contributed by atoms with van der Waals surface area (Å²) in [6, 6.07) is 22.8. The third-order valence-electron chi connectivity index (χ3n) is 6.96. The molecule has 0 bridgehead atoms. The zero-order valence-corrected chi connectivity index (χ0v) is 20.5. The second-order valence-electron chi connectivity index (χ2n) is 9.80. The Morgan fingerprint density at radius 3 is 2.36 bits per heavy atom. The maximum absolute atomic E-state index is 11.6. The maximum atomic E-state index is 11.6. The van der Waals surface area contributed by atoms with E-state index < -0.39 is 17.1 Å². The van der Waals surface area contributed by atoms with E-state index in [1.807, 2.05) is 66.1 Å². The van der Waals surface area contributed by atoms with Crippen molar-refractivity contribution in [3.8, 4) is 39.7 Å². The Morgan fingerprint density at radius 1 is 1.03 bits per heavy atom. The number of carboxylic acids is 1. The minimum atomic E-state index is -0.999. The molecule has 0 atom stereocenters. The van der Waals surface area contributed by atoms with Gasteiger partial charge in [-0.25, -0.2) is 9.78 Å². The SMILES string of the molecule is C[C@]1(O)C[C@@](N)(c2ccc(-c3nc4n(c3-c3ccccc3)COc3ccc(C(=O)O)cc3-4)cc2)C1.Cl. The molecule has 0 saturated heterocycles. The number of carbonyl (C=O) groups is 1. The highest BCUT2D eigenvalue weighted by Crippen LogP contribution is 2.47. The van der Waals surface area contributed by atoms with Crippen LogP contribution in [0.4, 0.5) is 0 Å². The van der Waals surface area contributed by atoms with E-state index in [2.05, 4.69) is 0 Å². The summed E-state index contributed by atoms with van der Waals surface area (Å²) in [7, 11) is 0. The van der Waals surface area contributed by atoms with Crippen LogP contribution >= 0.6 is 12.4 Å². The van der Waals surface area contributed by atoms with Crippen LogP contribution in [-0.4, -0.2) is 31.3 Å². The lowest BCUT2D eigenvalue weighted by Gasteiger charge is -2.49. The lowest BCUT2D eigenvalue weighted by atomic mass is 9.63. The molecular formula is C28H26ClN3O4. The Balaban J connectivity index is 0.00000267. The number of halogens is 1. The van der Waals surface area contributed by atoms with Gasteiger partial charge in [-0.1, -0.05) is 54.6 Å². The monoisotopic (exact) mass is 503 g/mol. The summed E-state index contributed by atoms with van der Waals surface area (Å²) in [5.74, 6) is 0.273. The van der Waals surface area contributed by atoms with E-state index in [4.69, 9.17) is 15.5 Å². The number of hydrogen-bond acceptors (Lipinski definition) is 5. The standard InChI is InChI=1S/C28H25N3O4.ClH/c1-27(34)14-28(29,15-27)20-10-7-17(8-11-20)23-24(18-5-3-2-4-6-18)31-16-35-22-12-9-19(26(32)33)13-21(22)25(31)30-23;/h2-13,34H,14-16,29H2,1H3,(H,32,33);1H/t27-,28-;. The van der Waals surface area contributed by atoms with Crippen molar-refractivity contribution in [1.82, 2.24) is 9.55 Å². The summed E-state index contributed by atoms with van der Waals surface area (Å²) >= 11 is 0. The fraction of sp³-hybridized carbons (Fsp3) is 0.214. The van der Waals surface area contributed by atoms with Gasteiger partial charge in [0.1, 0.15) is 11.6 Å². The molecule has 0 amide bonds. The predicted molar refractivity (Wildman–Crippen MR) is 139 cm³/mol. The third-order valence-corrected chi connectivity index (χ3v) is 6.96. The van der Waals surface area contributed by atoms with Crippen LogP contribution in [0.2, 0.25) is 0 Å². The quantitative estimate of drug-likeness (QED) is 0.359. The number of hydrogen-bond donors (Lipinski definition) is 3. The van der Waals surface area contributed by atoms with Crippen LogP contribution in [-0.2, 0) is 12.3 Å². The fourth-order valence-corrected chi connectivity index (χ4v) is 5.44. The smallest absolute Gasteiger partial charge is 0.335 e. The number of imidazole rings is 1. The normalized spacial score (nSPS) is 21.9. The van der Waals surface area contributed by atoms with Gasteiger partial charge < -0.3 is 20.7 Å². The molecule has 184 valence electrons. The van der Waals surface area contributed by atoms with Gasteiger partial charge in [-0.05, 0) is 43.5 Å². The number of nitrogens with two attached hydrogens (primary N) is 1. The maximum Gasteiger partial charge on any atom is 0.335 e. The average Bonchev–Trinajstić information content (AvgIpc) is 3.23. The molecule has 1 fully saturated rings. The van der Waals surface area contributed by atoms with Crippen molar-refractivity contribution in [2.45, 2.75) is 37.6 Å². The largest absolute Gasteiger partial charge is 0.478 e. The summed E-state index contributed by atoms with van der Waals surface area (Å²) in [6.45, 7) is 2.08. The minimum Gasteiger partial charge on any atom is -0.478 e. The molecule has 7 nitrogen and oxygen atoms in total. The summed E-state index contributed by atoms with van der Waals surface area (Å²) in [6.07, 6.45) is 1.04. The van der Waals surface area contributed by atoms with Crippen LogP contribution in [0.5, 0.6) is 5.75 Å². The van der Waals surface area contributed by atoms with Crippen molar-refractivity contribution < 1.29 is 19.7 Å². The van der Waals surface area contributed by atoms with Gasteiger partial charge in [0.25, 0.3) is 0 Å². The van der Waals surface area contributed by atoms with Crippen molar-refractivity contribution in [3.63, 3.8) is 0 Å². The van der Waals surface area contributed by atoms with Gasteiger partial charge in [0, 0.05) is 16.7 Å². The van der Waals surface area contributed by atoms with E-state index in [0.29, 0.717) is 30.0 Å². The Kier molecular flexibility index (Phi) is 5.67. The van der Waals surface area contributed by atoms with Crippen LogP contribution in [0.15, 0.2) is 72.8 Å². The van der Waals surface area contributed by atoms with Gasteiger partial charge in [0.15, 0.2) is 6.73 Å². The second kappa shape index (κ2) is 8.48. The van der Waals surface area contributed by atoms with Crippen molar-refractivity contribution in [3.05, 3.63) is 83.9 Å². The number of nitrogens with zero attached hydrogens (tertiary/aromatic N) is 2. The fourth-order valence-electron chi connectivity index (χ4n) is 5.44. The molecular weight excluding hydrogens is 478 g/mol. The number of ether oxygens (including phenoxy) is 1. The first kappa shape index (κ1) is 24.1. The number of aromatic nitrogens is 2. The summed E-state index contributed by atoms with van der Waals surface area (Å²) < 4.78 is 7.98. The summed E-state index contributed by atoms with van der Waals surface area (Å²) in [4.78, 5) is 16.6. The number of carboxylic acid groups (broad SMARTS) is 1. The predicted octanol–water partition coefficient (Wildman–Crippen LogP) is 5.05. The molecule has 0 spiro atoms. The van der Waals surface area contributed by atoms with Gasteiger partial charge in [0.2, 0.25) is 0 Å². The van der Waals surface area contributed by atoms with Gasteiger partial charge in [-0.3, -0.25) is 4.57 Å². The highest BCUT2D eigenvalue weighted by Gasteiger charge is 2.49. The lowest BCUT2D eigenvalue weighted by molar-refractivity contribution is -0.0738. The summed E-state index contributed by atoms with van der Waals surface area (Å²) in [5, 5.41) is 19.7. The number of benzene rings is 3. The van der Waals surface area contributed by atoms with Gasteiger partial charge in [-0.15, -0.1) is 12.4 Å². The highest BCUT2D eigenvalue weighted by molar-refractivity contribution is 5.91. The number of fused-ring (bicyclic) bond motifs is 3. The number of aromatic carboxylic acids is 1. The zero-order valence-electron chi connectivity index (χ0n) is 19.6. The van der Waals surface area contributed by atoms with E-state index >= 15 is 0 Å². The molecule has 1 saturated carbocycles. The van der Waals surface area contributed by atoms with Crippen molar-refractivity contribution in [2.75, 3.05) is 0 Å². The molecule has 8 heteroatoms. The molecule has 36 heavy (non-hydrogen) atoms. The van der Waals surface area contributed by atoms with Crippen LogP contribution in [0.1, 0.15) is 35.7 Å². The van der Waals surface area contributed by atoms with Crippen LogP contribution in [0, 0.1) is 0 Å². The lowest BCUT2D eigenvalue weighted by Crippen LogP contribution is -2.58. The molecule has 4 aromatic rings. The van der Waals surface area contributed by atoms with E-state index in [0.717, 1.165) is 28.1 Å². The summed E-state index contributed by atoms with van der Waals surface area (Å²) in [5.41, 5.74) is 10.7.